The van der Waals surface area contributed by atoms with Crippen molar-refractivity contribution in [1.82, 2.24) is 20.1 Å². The number of rotatable bonds is 5. The molecule has 2 unspecified atom stereocenters. The molecule has 2 atom stereocenters. The lowest BCUT2D eigenvalue weighted by atomic mass is 10.2. The number of aromatic amines is 1. The third kappa shape index (κ3) is 3.70. The van der Waals surface area contributed by atoms with Crippen LogP contribution in [0.25, 0.3) is 0 Å². The molecule has 1 fully saturated rings. The van der Waals surface area contributed by atoms with Crippen molar-refractivity contribution in [1.29, 1.82) is 0 Å². The summed E-state index contributed by atoms with van der Waals surface area (Å²) in [6, 6.07) is 0.567. The van der Waals surface area contributed by atoms with E-state index in [-0.39, 0.29) is 0 Å². The second-order valence-corrected chi connectivity index (χ2v) is 6.17. The average molecular weight is 284 g/mol. The molecule has 1 saturated carbocycles. The first-order valence-corrected chi connectivity index (χ1v) is 7.55. The SMILES string of the molecule is CCCNC1CCC(Sc2nc(=O)c(=O)[nH]n2C)C1. The van der Waals surface area contributed by atoms with Gasteiger partial charge in [-0.1, -0.05) is 18.7 Å². The third-order valence-corrected chi connectivity index (χ3v) is 4.62. The van der Waals surface area contributed by atoms with E-state index in [9.17, 15) is 9.59 Å². The number of nitrogens with zero attached hydrogens (tertiary/aromatic N) is 2. The highest BCUT2D eigenvalue weighted by atomic mass is 32.2. The Hall–Kier alpha value is -1.08. The lowest BCUT2D eigenvalue weighted by Gasteiger charge is -2.13. The molecule has 7 heteroatoms. The van der Waals surface area contributed by atoms with Gasteiger partial charge in [0, 0.05) is 18.3 Å². The van der Waals surface area contributed by atoms with Crippen LogP contribution in [0.4, 0.5) is 0 Å². The molecule has 0 spiro atoms. The summed E-state index contributed by atoms with van der Waals surface area (Å²) in [5, 5.41) is 7.04. The average Bonchev–Trinajstić information content (AvgIpc) is 2.81. The minimum absolute atomic E-state index is 0.457. The zero-order chi connectivity index (χ0) is 13.8. The summed E-state index contributed by atoms with van der Waals surface area (Å²) >= 11 is 1.58. The zero-order valence-electron chi connectivity index (χ0n) is 11.3. The quantitative estimate of drug-likeness (QED) is 0.769. The molecule has 1 heterocycles. The van der Waals surface area contributed by atoms with Crippen molar-refractivity contribution in [3.8, 4) is 0 Å². The van der Waals surface area contributed by atoms with Gasteiger partial charge in [0.1, 0.15) is 0 Å². The van der Waals surface area contributed by atoms with Crippen LogP contribution < -0.4 is 16.4 Å². The monoisotopic (exact) mass is 284 g/mol. The molecule has 0 amide bonds. The summed E-state index contributed by atoms with van der Waals surface area (Å²) < 4.78 is 1.53. The molecule has 0 radical (unpaired) electrons. The summed E-state index contributed by atoms with van der Waals surface area (Å²) in [5.74, 6) is 0. The number of nitrogens with one attached hydrogen (secondary N) is 2. The largest absolute Gasteiger partial charge is 0.339 e. The maximum absolute atomic E-state index is 11.3. The number of hydrogen-bond donors (Lipinski definition) is 2. The lowest BCUT2D eigenvalue weighted by molar-refractivity contribution is 0.524. The van der Waals surface area contributed by atoms with Crippen molar-refractivity contribution < 1.29 is 0 Å². The zero-order valence-corrected chi connectivity index (χ0v) is 12.1. The predicted octanol–water partition coefficient (Wildman–Crippen LogP) is 0.481. The minimum atomic E-state index is -0.709. The Labute approximate surface area is 116 Å². The molecule has 1 aromatic heterocycles. The number of H-pyrrole nitrogens is 1. The van der Waals surface area contributed by atoms with Crippen LogP contribution in [0.15, 0.2) is 14.7 Å². The molecular formula is C12H20N4O2S. The molecule has 2 rings (SSSR count). The second kappa shape index (κ2) is 6.38. The van der Waals surface area contributed by atoms with Crippen molar-refractivity contribution in [2.75, 3.05) is 6.54 Å². The van der Waals surface area contributed by atoms with Gasteiger partial charge in [-0.25, -0.2) is 0 Å². The molecule has 2 N–H and O–H groups in total. The van der Waals surface area contributed by atoms with Gasteiger partial charge >= 0.3 is 11.1 Å². The predicted molar refractivity (Wildman–Crippen MR) is 75.7 cm³/mol. The van der Waals surface area contributed by atoms with Gasteiger partial charge in [-0.2, -0.15) is 4.98 Å². The van der Waals surface area contributed by atoms with Crippen LogP contribution in [-0.2, 0) is 7.05 Å². The first kappa shape index (κ1) is 14.3. The summed E-state index contributed by atoms with van der Waals surface area (Å²) in [7, 11) is 1.71. The summed E-state index contributed by atoms with van der Waals surface area (Å²) in [6.45, 7) is 3.21. The lowest BCUT2D eigenvalue weighted by Crippen LogP contribution is -2.34. The van der Waals surface area contributed by atoms with Gasteiger partial charge in [-0.05, 0) is 32.2 Å². The summed E-state index contributed by atoms with van der Waals surface area (Å²) in [6.07, 6.45) is 4.50. The van der Waals surface area contributed by atoms with Gasteiger partial charge in [0.05, 0.1) is 0 Å². The molecule has 0 aromatic carbocycles. The molecule has 0 aliphatic heterocycles. The fraction of sp³-hybridized carbons (Fsp3) is 0.750. The van der Waals surface area contributed by atoms with Gasteiger partial charge in [0.15, 0.2) is 5.16 Å². The molecule has 6 nitrogen and oxygen atoms in total. The van der Waals surface area contributed by atoms with E-state index >= 15 is 0 Å². The number of aromatic nitrogens is 3. The number of aryl methyl sites for hydroxylation is 1. The van der Waals surface area contributed by atoms with Crippen LogP contribution in [0.3, 0.4) is 0 Å². The van der Waals surface area contributed by atoms with E-state index in [0.29, 0.717) is 16.4 Å². The molecule has 1 aromatic rings. The Balaban J connectivity index is 1.97. The highest BCUT2D eigenvalue weighted by molar-refractivity contribution is 7.99. The maximum atomic E-state index is 11.3. The second-order valence-electron chi connectivity index (χ2n) is 4.90. The molecule has 0 bridgehead atoms. The first-order chi connectivity index (χ1) is 9.10. The van der Waals surface area contributed by atoms with Crippen LogP contribution in [-0.4, -0.2) is 32.6 Å². The van der Waals surface area contributed by atoms with Crippen LogP contribution in [0.2, 0.25) is 0 Å². The molecule has 19 heavy (non-hydrogen) atoms. The Bertz CT molecular complexity index is 539. The van der Waals surface area contributed by atoms with Crippen molar-refractivity contribution in [3.63, 3.8) is 0 Å². The Morgan fingerprint density at radius 3 is 3.00 bits per heavy atom. The smallest absolute Gasteiger partial charge is 0.314 e. The van der Waals surface area contributed by atoms with Crippen molar-refractivity contribution in [2.24, 2.45) is 7.05 Å². The van der Waals surface area contributed by atoms with Crippen LogP contribution in [0.5, 0.6) is 0 Å². The fourth-order valence-corrected chi connectivity index (χ4v) is 3.52. The topological polar surface area (TPSA) is 79.8 Å². The van der Waals surface area contributed by atoms with E-state index < -0.39 is 11.1 Å². The van der Waals surface area contributed by atoms with Crippen LogP contribution in [0, 0.1) is 0 Å². The maximum Gasteiger partial charge on any atom is 0.339 e. The van der Waals surface area contributed by atoms with Gasteiger partial charge in [0.2, 0.25) is 0 Å². The highest BCUT2D eigenvalue weighted by Crippen LogP contribution is 2.33. The molecule has 1 aliphatic carbocycles. The van der Waals surface area contributed by atoms with Crippen LogP contribution >= 0.6 is 11.8 Å². The van der Waals surface area contributed by atoms with Crippen molar-refractivity contribution in [2.45, 2.75) is 49.1 Å². The Morgan fingerprint density at radius 2 is 2.26 bits per heavy atom. The Kier molecular flexibility index (Phi) is 4.81. The first-order valence-electron chi connectivity index (χ1n) is 6.67. The fourth-order valence-electron chi connectivity index (χ4n) is 2.30. The molecular weight excluding hydrogens is 264 g/mol. The van der Waals surface area contributed by atoms with Crippen LogP contribution in [0.1, 0.15) is 32.6 Å². The van der Waals surface area contributed by atoms with E-state index in [4.69, 9.17) is 0 Å². The normalized spacial score (nSPS) is 22.8. The van der Waals surface area contributed by atoms with E-state index in [2.05, 4.69) is 22.3 Å². The van der Waals surface area contributed by atoms with Gasteiger partial charge < -0.3 is 5.32 Å². The van der Waals surface area contributed by atoms with E-state index in [0.717, 1.165) is 32.2 Å². The van der Waals surface area contributed by atoms with Gasteiger partial charge in [0.25, 0.3) is 0 Å². The van der Waals surface area contributed by atoms with Gasteiger partial charge in [-0.3, -0.25) is 19.4 Å². The van der Waals surface area contributed by atoms with E-state index in [1.165, 1.54) is 4.68 Å². The van der Waals surface area contributed by atoms with Crippen molar-refractivity contribution in [3.05, 3.63) is 20.7 Å². The molecule has 1 aliphatic rings. The Morgan fingerprint density at radius 1 is 1.47 bits per heavy atom. The summed E-state index contributed by atoms with van der Waals surface area (Å²) in [4.78, 5) is 26.2. The number of thioether (sulfide) groups is 1. The van der Waals surface area contributed by atoms with Gasteiger partial charge in [-0.15, -0.1) is 0 Å². The number of hydrogen-bond acceptors (Lipinski definition) is 5. The molecule has 0 saturated heterocycles. The van der Waals surface area contributed by atoms with Crippen molar-refractivity contribution >= 4 is 11.8 Å². The van der Waals surface area contributed by atoms with E-state index in [1.807, 2.05) is 0 Å². The summed E-state index contributed by atoms with van der Waals surface area (Å²) in [5.41, 5.74) is -1.37. The molecule has 106 valence electrons. The standard InChI is InChI=1S/C12H20N4O2S/c1-3-6-13-8-4-5-9(7-8)19-12-14-10(17)11(18)15-16(12)2/h8-9,13H,3-7H2,1-2H3,(H,15,18). The minimum Gasteiger partial charge on any atom is -0.314 e. The third-order valence-electron chi connectivity index (χ3n) is 3.29. The highest BCUT2D eigenvalue weighted by Gasteiger charge is 2.26. The van der Waals surface area contributed by atoms with E-state index in [1.54, 1.807) is 18.8 Å².